The molecule has 0 spiro atoms. The predicted octanol–water partition coefficient (Wildman–Crippen LogP) is 5.62. The SMILES string of the molecule is CC(C)(C)S(=O)(=O)CC1CCC(C(=O)CCCc2ccc(C(F)(F)F)cc2)CC1. The molecular formula is C22H31F3O3S. The maximum atomic E-state index is 12.6. The van der Waals surface area contributed by atoms with E-state index in [1.54, 1.807) is 20.8 Å². The Hall–Kier alpha value is -1.37. The lowest BCUT2D eigenvalue weighted by molar-refractivity contribution is -0.137. The normalized spacial score (nSPS) is 21.2. The van der Waals surface area contributed by atoms with Crippen LogP contribution in [0, 0.1) is 11.8 Å². The van der Waals surface area contributed by atoms with Crippen LogP contribution in [0.1, 0.15) is 70.4 Å². The summed E-state index contributed by atoms with van der Waals surface area (Å²) < 4.78 is 61.7. The summed E-state index contributed by atoms with van der Waals surface area (Å²) in [6.45, 7) is 5.15. The maximum Gasteiger partial charge on any atom is 0.416 e. The highest BCUT2D eigenvalue weighted by Crippen LogP contribution is 2.33. The number of benzene rings is 1. The summed E-state index contributed by atoms with van der Waals surface area (Å²) in [5.41, 5.74) is 0.129. The molecule has 1 saturated carbocycles. The fourth-order valence-electron chi connectivity index (χ4n) is 3.74. The lowest BCUT2D eigenvalue weighted by atomic mass is 9.80. The molecule has 2 rings (SSSR count). The van der Waals surface area contributed by atoms with Crippen LogP contribution in [0.25, 0.3) is 0 Å². The van der Waals surface area contributed by atoms with Crippen molar-refractivity contribution in [3.05, 3.63) is 35.4 Å². The van der Waals surface area contributed by atoms with Crippen LogP contribution in [0.5, 0.6) is 0 Å². The van der Waals surface area contributed by atoms with Crippen molar-refractivity contribution in [3.63, 3.8) is 0 Å². The molecule has 1 aliphatic carbocycles. The zero-order chi connectivity index (χ0) is 21.9. The number of Topliss-reactive ketones (excluding diaryl/α,β-unsaturated/α-hetero) is 1. The van der Waals surface area contributed by atoms with Gasteiger partial charge in [0.25, 0.3) is 0 Å². The number of aryl methyl sites for hydroxylation is 1. The number of hydrogen-bond donors (Lipinski definition) is 0. The summed E-state index contributed by atoms with van der Waals surface area (Å²) in [4.78, 5) is 12.5. The molecule has 0 amide bonds. The van der Waals surface area contributed by atoms with Gasteiger partial charge in [-0.05, 0) is 82.9 Å². The topological polar surface area (TPSA) is 51.2 Å². The van der Waals surface area contributed by atoms with Gasteiger partial charge in [-0.1, -0.05) is 12.1 Å². The van der Waals surface area contributed by atoms with Crippen molar-refractivity contribution in [3.8, 4) is 0 Å². The number of carbonyl (C=O) groups excluding carboxylic acids is 1. The number of hydrogen-bond acceptors (Lipinski definition) is 3. The van der Waals surface area contributed by atoms with Crippen LogP contribution in [0.15, 0.2) is 24.3 Å². The van der Waals surface area contributed by atoms with Crippen LogP contribution in [-0.2, 0) is 27.2 Å². The third kappa shape index (κ3) is 6.83. The van der Waals surface area contributed by atoms with Gasteiger partial charge < -0.3 is 0 Å². The monoisotopic (exact) mass is 432 g/mol. The Labute approximate surface area is 172 Å². The van der Waals surface area contributed by atoms with E-state index in [4.69, 9.17) is 0 Å². The summed E-state index contributed by atoms with van der Waals surface area (Å²) in [7, 11) is -3.15. The average molecular weight is 433 g/mol. The van der Waals surface area contributed by atoms with E-state index in [-0.39, 0.29) is 23.4 Å². The summed E-state index contributed by atoms with van der Waals surface area (Å²) in [5.74, 6) is 0.478. The molecule has 0 aromatic heterocycles. The average Bonchev–Trinajstić information content (AvgIpc) is 2.60. The Morgan fingerprint density at radius 1 is 1.00 bits per heavy atom. The van der Waals surface area contributed by atoms with Crippen molar-refractivity contribution in [2.45, 2.75) is 76.6 Å². The van der Waals surface area contributed by atoms with Crippen LogP contribution in [-0.4, -0.2) is 24.7 Å². The van der Waals surface area contributed by atoms with E-state index in [0.717, 1.165) is 43.4 Å². The van der Waals surface area contributed by atoms with Crippen LogP contribution >= 0.6 is 0 Å². The Morgan fingerprint density at radius 3 is 2.03 bits per heavy atom. The van der Waals surface area contributed by atoms with Gasteiger partial charge in [0.15, 0.2) is 9.84 Å². The van der Waals surface area contributed by atoms with Gasteiger partial charge in [0.2, 0.25) is 0 Å². The van der Waals surface area contributed by atoms with Crippen molar-refractivity contribution in [2.24, 2.45) is 11.8 Å². The van der Waals surface area contributed by atoms with Crippen LogP contribution in [0.2, 0.25) is 0 Å². The minimum absolute atomic E-state index is 0.0174. The van der Waals surface area contributed by atoms with E-state index >= 15 is 0 Å². The van der Waals surface area contributed by atoms with Crippen molar-refractivity contribution in [2.75, 3.05) is 5.75 Å². The van der Waals surface area contributed by atoms with E-state index in [1.165, 1.54) is 12.1 Å². The lowest BCUT2D eigenvalue weighted by Gasteiger charge is -2.30. The van der Waals surface area contributed by atoms with Crippen molar-refractivity contribution < 1.29 is 26.4 Å². The molecule has 0 atom stereocenters. The van der Waals surface area contributed by atoms with Gasteiger partial charge in [-0.2, -0.15) is 13.2 Å². The van der Waals surface area contributed by atoms with Crippen LogP contribution in [0.4, 0.5) is 13.2 Å². The maximum absolute atomic E-state index is 12.6. The highest BCUT2D eigenvalue weighted by molar-refractivity contribution is 7.92. The largest absolute Gasteiger partial charge is 0.416 e. The summed E-state index contributed by atoms with van der Waals surface area (Å²) in [6.07, 6.45) is 0.226. The fraction of sp³-hybridized carbons (Fsp3) is 0.682. The molecule has 3 nitrogen and oxygen atoms in total. The van der Waals surface area contributed by atoms with Gasteiger partial charge in [-0.15, -0.1) is 0 Å². The second kappa shape index (κ2) is 9.19. The zero-order valence-electron chi connectivity index (χ0n) is 17.4. The van der Waals surface area contributed by atoms with Crippen LogP contribution in [0.3, 0.4) is 0 Å². The number of carbonyl (C=O) groups is 1. The third-order valence-corrected chi connectivity index (χ3v) is 8.64. The predicted molar refractivity (Wildman–Crippen MR) is 108 cm³/mol. The van der Waals surface area contributed by atoms with E-state index in [2.05, 4.69) is 0 Å². The number of ketones is 1. The van der Waals surface area contributed by atoms with E-state index in [0.29, 0.717) is 19.3 Å². The van der Waals surface area contributed by atoms with Gasteiger partial charge in [0, 0.05) is 12.3 Å². The molecule has 0 N–H and O–H groups in total. The molecule has 0 aliphatic heterocycles. The fourth-order valence-corrected chi connectivity index (χ4v) is 5.20. The van der Waals surface area contributed by atoms with E-state index in [9.17, 15) is 26.4 Å². The van der Waals surface area contributed by atoms with E-state index < -0.39 is 26.3 Å². The Kier molecular flexibility index (Phi) is 7.57. The first kappa shape index (κ1) is 23.9. The highest BCUT2D eigenvalue weighted by Gasteiger charge is 2.34. The number of alkyl halides is 3. The van der Waals surface area contributed by atoms with Gasteiger partial charge in [-0.25, -0.2) is 8.42 Å². The van der Waals surface area contributed by atoms with Crippen molar-refractivity contribution >= 4 is 15.6 Å². The second-order valence-electron chi connectivity index (χ2n) is 9.13. The molecule has 0 heterocycles. The molecule has 7 heteroatoms. The molecule has 0 unspecified atom stereocenters. The highest BCUT2D eigenvalue weighted by atomic mass is 32.2. The molecule has 164 valence electrons. The van der Waals surface area contributed by atoms with Gasteiger partial charge >= 0.3 is 6.18 Å². The van der Waals surface area contributed by atoms with Gasteiger partial charge in [0.05, 0.1) is 16.1 Å². The Morgan fingerprint density at radius 2 is 1.55 bits per heavy atom. The Bertz CT molecular complexity index is 782. The first-order valence-corrected chi connectivity index (χ1v) is 11.9. The van der Waals surface area contributed by atoms with Gasteiger partial charge in [0.1, 0.15) is 5.78 Å². The molecule has 29 heavy (non-hydrogen) atoms. The van der Waals surface area contributed by atoms with Crippen molar-refractivity contribution in [1.82, 2.24) is 0 Å². The Balaban J connectivity index is 1.75. The standard InChI is InChI=1S/C22H31F3O3S/c1-21(2,3)29(27,28)15-17-7-11-18(12-8-17)20(26)6-4-5-16-9-13-19(14-10-16)22(23,24)25/h9-10,13-14,17-18H,4-8,11-12,15H2,1-3H3. The number of sulfone groups is 1. The first-order valence-electron chi connectivity index (χ1n) is 10.2. The molecular weight excluding hydrogens is 401 g/mol. The van der Waals surface area contributed by atoms with Gasteiger partial charge in [-0.3, -0.25) is 4.79 Å². The number of halogens is 3. The smallest absolute Gasteiger partial charge is 0.299 e. The summed E-state index contributed by atoms with van der Waals surface area (Å²) >= 11 is 0. The molecule has 1 aromatic rings. The molecule has 1 aromatic carbocycles. The first-order chi connectivity index (χ1) is 13.3. The minimum atomic E-state index is -4.33. The molecule has 1 aliphatic rings. The quantitative estimate of drug-likeness (QED) is 0.562. The second-order valence-corrected chi connectivity index (χ2v) is 11.9. The summed E-state index contributed by atoms with van der Waals surface area (Å²) in [5, 5.41) is 0. The minimum Gasteiger partial charge on any atom is -0.299 e. The van der Waals surface area contributed by atoms with Crippen molar-refractivity contribution in [1.29, 1.82) is 0 Å². The van der Waals surface area contributed by atoms with Crippen LogP contribution < -0.4 is 0 Å². The molecule has 1 fully saturated rings. The van der Waals surface area contributed by atoms with E-state index in [1.807, 2.05) is 0 Å². The number of rotatable bonds is 7. The third-order valence-electron chi connectivity index (χ3n) is 5.86. The zero-order valence-corrected chi connectivity index (χ0v) is 18.2. The lowest BCUT2D eigenvalue weighted by Crippen LogP contribution is -2.35. The molecule has 0 radical (unpaired) electrons. The molecule has 0 saturated heterocycles. The molecule has 0 bridgehead atoms. The summed E-state index contributed by atoms with van der Waals surface area (Å²) in [6, 6.07) is 5.08.